The molecule has 0 aromatic carbocycles. The van der Waals surface area contributed by atoms with Crippen molar-refractivity contribution >= 4 is 5.78 Å². The van der Waals surface area contributed by atoms with Crippen molar-refractivity contribution in [3.05, 3.63) is 23.8 Å². The normalized spacial score (nSPS) is 41.6. The molecule has 0 saturated carbocycles. The minimum atomic E-state index is -0.197. The van der Waals surface area contributed by atoms with Crippen molar-refractivity contribution in [3.63, 3.8) is 0 Å². The van der Waals surface area contributed by atoms with Gasteiger partial charge in [0.1, 0.15) is 0 Å². The number of allylic oxidation sites excluding steroid dienone is 4. The quantitative estimate of drug-likeness (QED) is 0.566. The Morgan fingerprint density at radius 1 is 1.31 bits per heavy atom. The smallest absolute Gasteiger partial charge is 0.162 e. The summed E-state index contributed by atoms with van der Waals surface area (Å²) in [4.78, 5) is 12.3. The van der Waals surface area contributed by atoms with E-state index in [2.05, 4.69) is 46.8 Å². The lowest BCUT2D eigenvalue weighted by Crippen LogP contribution is -2.50. The van der Waals surface area contributed by atoms with Crippen LogP contribution >= 0.6 is 0 Å². The van der Waals surface area contributed by atoms with Crippen LogP contribution in [-0.2, 0) is 4.79 Å². The Morgan fingerprint density at radius 3 is 2.56 bits per heavy atom. The van der Waals surface area contributed by atoms with Gasteiger partial charge in [-0.05, 0) is 36.7 Å². The van der Waals surface area contributed by atoms with Crippen molar-refractivity contribution < 1.29 is 4.79 Å². The number of fused-ring (bicyclic) bond motifs is 1. The van der Waals surface area contributed by atoms with Crippen LogP contribution in [-0.4, -0.2) is 5.78 Å². The van der Waals surface area contributed by atoms with Gasteiger partial charge < -0.3 is 0 Å². The van der Waals surface area contributed by atoms with E-state index in [0.29, 0.717) is 17.6 Å². The molecule has 0 unspecified atom stereocenters. The summed E-state index contributed by atoms with van der Waals surface area (Å²) in [5.41, 5.74) is 1.31. The summed E-state index contributed by atoms with van der Waals surface area (Å²) in [6.07, 6.45) is 7.27. The zero-order valence-electron chi connectivity index (χ0n) is 11.0. The maximum Gasteiger partial charge on any atom is 0.162 e. The monoisotopic (exact) mass is 218 g/mol. The number of rotatable bonds is 0. The molecular weight excluding hydrogens is 196 g/mol. The molecule has 0 radical (unpaired) electrons. The second kappa shape index (κ2) is 3.32. The third kappa shape index (κ3) is 1.33. The Kier molecular flexibility index (Phi) is 2.41. The van der Waals surface area contributed by atoms with Gasteiger partial charge in [-0.1, -0.05) is 45.4 Å². The molecule has 0 bridgehead atoms. The van der Waals surface area contributed by atoms with Gasteiger partial charge in [0.2, 0.25) is 0 Å². The van der Waals surface area contributed by atoms with E-state index in [0.717, 1.165) is 6.42 Å². The standard InChI is InChI=1S/C15H22O/c1-10-6-7-12-14(3,4)9-8-13(16)15(12,5)11(10)2/h6,8-9,11-12H,7H2,1-5H3/t11-,12-,15-/m1/s1. The molecule has 0 aromatic rings. The first-order valence-corrected chi connectivity index (χ1v) is 6.20. The van der Waals surface area contributed by atoms with Gasteiger partial charge >= 0.3 is 0 Å². The molecule has 0 heterocycles. The summed E-state index contributed by atoms with van der Waals surface area (Å²) < 4.78 is 0. The number of hydrogen-bond acceptors (Lipinski definition) is 1. The molecule has 88 valence electrons. The van der Waals surface area contributed by atoms with E-state index in [1.165, 1.54) is 5.57 Å². The van der Waals surface area contributed by atoms with E-state index in [1.54, 1.807) is 0 Å². The van der Waals surface area contributed by atoms with Crippen LogP contribution in [0.3, 0.4) is 0 Å². The van der Waals surface area contributed by atoms with E-state index in [9.17, 15) is 4.79 Å². The van der Waals surface area contributed by atoms with Crippen molar-refractivity contribution in [2.24, 2.45) is 22.7 Å². The SMILES string of the molecule is CC1=CC[C@@H]2C(C)(C)C=CC(=O)[C@]2(C)[C@@H]1C. The fourth-order valence-electron chi connectivity index (χ4n) is 3.55. The van der Waals surface area contributed by atoms with E-state index in [1.807, 2.05) is 6.08 Å². The van der Waals surface area contributed by atoms with Crippen molar-refractivity contribution in [3.8, 4) is 0 Å². The number of hydrogen-bond donors (Lipinski definition) is 0. The van der Waals surface area contributed by atoms with Gasteiger partial charge in [-0.3, -0.25) is 4.79 Å². The molecule has 1 heteroatoms. The lowest BCUT2D eigenvalue weighted by Gasteiger charge is -2.52. The highest BCUT2D eigenvalue weighted by atomic mass is 16.1. The van der Waals surface area contributed by atoms with Crippen LogP contribution in [0.2, 0.25) is 0 Å². The first-order chi connectivity index (χ1) is 7.30. The Morgan fingerprint density at radius 2 is 1.94 bits per heavy atom. The summed E-state index contributed by atoms with van der Waals surface area (Å²) in [6.45, 7) is 11.0. The summed E-state index contributed by atoms with van der Waals surface area (Å²) in [5.74, 6) is 1.12. The van der Waals surface area contributed by atoms with E-state index in [-0.39, 0.29) is 10.8 Å². The Balaban J connectivity index is 2.56. The first kappa shape index (κ1) is 11.6. The summed E-state index contributed by atoms with van der Waals surface area (Å²) in [6, 6.07) is 0. The van der Waals surface area contributed by atoms with E-state index in [4.69, 9.17) is 0 Å². The zero-order valence-corrected chi connectivity index (χ0v) is 11.0. The molecule has 0 aromatic heterocycles. The lowest BCUT2D eigenvalue weighted by atomic mass is 9.51. The first-order valence-electron chi connectivity index (χ1n) is 6.20. The number of carbonyl (C=O) groups is 1. The van der Waals surface area contributed by atoms with Crippen molar-refractivity contribution in [1.82, 2.24) is 0 Å². The Hall–Kier alpha value is -0.850. The fraction of sp³-hybridized carbons (Fsp3) is 0.667. The minimum Gasteiger partial charge on any atom is -0.294 e. The predicted molar refractivity (Wildman–Crippen MR) is 67.1 cm³/mol. The van der Waals surface area contributed by atoms with Gasteiger partial charge in [0.25, 0.3) is 0 Å². The molecule has 0 fully saturated rings. The average Bonchev–Trinajstić information content (AvgIpc) is 2.20. The maximum atomic E-state index is 12.3. The number of carbonyl (C=O) groups excluding carboxylic acids is 1. The second-order valence-electron chi connectivity index (χ2n) is 6.26. The molecule has 2 aliphatic carbocycles. The van der Waals surface area contributed by atoms with Gasteiger partial charge in [0, 0.05) is 5.41 Å². The molecule has 3 atom stereocenters. The van der Waals surface area contributed by atoms with Gasteiger partial charge in [-0.25, -0.2) is 0 Å². The molecule has 0 aliphatic heterocycles. The highest BCUT2D eigenvalue weighted by Gasteiger charge is 2.53. The fourth-order valence-corrected chi connectivity index (χ4v) is 3.55. The molecule has 0 amide bonds. The van der Waals surface area contributed by atoms with Crippen LogP contribution in [0.15, 0.2) is 23.8 Å². The largest absolute Gasteiger partial charge is 0.294 e. The molecule has 1 nitrogen and oxygen atoms in total. The molecule has 2 rings (SSSR count). The number of ketones is 1. The molecule has 0 spiro atoms. The summed E-state index contributed by atoms with van der Waals surface area (Å²) >= 11 is 0. The zero-order chi connectivity index (χ0) is 12.1. The highest BCUT2D eigenvalue weighted by molar-refractivity contribution is 5.96. The predicted octanol–water partition coefficient (Wildman–Crippen LogP) is 3.76. The minimum absolute atomic E-state index is 0.133. The van der Waals surface area contributed by atoms with Crippen molar-refractivity contribution in [1.29, 1.82) is 0 Å². The van der Waals surface area contributed by atoms with Crippen LogP contribution < -0.4 is 0 Å². The van der Waals surface area contributed by atoms with Gasteiger partial charge in [-0.2, -0.15) is 0 Å². The van der Waals surface area contributed by atoms with Gasteiger partial charge in [-0.15, -0.1) is 0 Å². The van der Waals surface area contributed by atoms with Crippen molar-refractivity contribution in [2.45, 2.75) is 41.0 Å². The van der Waals surface area contributed by atoms with E-state index < -0.39 is 0 Å². The van der Waals surface area contributed by atoms with Gasteiger partial charge in [0.15, 0.2) is 5.78 Å². The molecule has 0 N–H and O–H groups in total. The molecular formula is C15H22O. The third-order valence-corrected chi connectivity index (χ3v) is 5.08. The molecule has 2 aliphatic rings. The molecule has 0 saturated heterocycles. The van der Waals surface area contributed by atoms with Crippen LogP contribution in [0, 0.1) is 22.7 Å². The van der Waals surface area contributed by atoms with Crippen LogP contribution in [0.25, 0.3) is 0 Å². The average molecular weight is 218 g/mol. The Bertz CT molecular complexity index is 386. The topological polar surface area (TPSA) is 17.1 Å². The highest BCUT2D eigenvalue weighted by Crippen LogP contribution is 2.55. The second-order valence-corrected chi connectivity index (χ2v) is 6.26. The summed E-state index contributed by atoms with van der Waals surface area (Å²) in [7, 11) is 0. The lowest BCUT2D eigenvalue weighted by molar-refractivity contribution is -0.133. The Labute approximate surface area is 98.6 Å². The van der Waals surface area contributed by atoms with Crippen molar-refractivity contribution in [2.75, 3.05) is 0 Å². The maximum absolute atomic E-state index is 12.3. The van der Waals surface area contributed by atoms with Crippen LogP contribution in [0.5, 0.6) is 0 Å². The summed E-state index contributed by atoms with van der Waals surface area (Å²) in [5, 5.41) is 0. The molecule has 16 heavy (non-hydrogen) atoms. The van der Waals surface area contributed by atoms with E-state index >= 15 is 0 Å². The third-order valence-electron chi connectivity index (χ3n) is 5.08. The van der Waals surface area contributed by atoms with Gasteiger partial charge in [0.05, 0.1) is 0 Å². The van der Waals surface area contributed by atoms with Crippen LogP contribution in [0.1, 0.15) is 41.0 Å². The van der Waals surface area contributed by atoms with Crippen LogP contribution in [0.4, 0.5) is 0 Å².